The van der Waals surface area contributed by atoms with Gasteiger partial charge in [0.1, 0.15) is 95.5 Å². The minimum absolute atomic E-state index is 0.00928. The Hall–Kier alpha value is -14.1. The number of guanidine groups is 1. The van der Waals surface area contributed by atoms with Gasteiger partial charge in [0.25, 0.3) is 0 Å². The molecule has 4 aromatic carbocycles. The van der Waals surface area contributed by atoms with Crippen molar-refractivity contribution in [1.29, 1.82) is 5.41 Å². The molecule has 2 heterocycles. The van der Waals surface area contributed by atoms with E-state index < -0.39 is 229 Å². The molecule has 1 aliphatic rings. The predicted molar refractivity (Wildman–Crippen MR) is 486 cm³/mol. The molecule has 45 heteroatoms. The Morgan fingerprint density at radius 2 is 0.820 bits per heavy atom. The van der Waals surface area contributed by atoms with E-state index in [1.807, 2.05) is 0 Å². The van der Waals surface area contributed by atoms with Crippen LogP contribution in [-0.4, -0.2) is 259 Å². The second-order valence-corrected chi connectivity index (χ2v) is 34.1. The van der Waals surface area contributed by atoms with E-state index in [0.717, 1.165) is 11.8 Å². The number of phenolic OH excluding ortho intramolecular Hbond substituents is 4. The average Bonchev–Trinajstić information content (AvgIpc) is 1.18. The molecular formula is C88H124N22O22S. The molecule has 6 rings (SSSR count). The number of nitrogens with zero attached hydrogens (tertiary/aromatic N) is 1. The summed E-state index contributed by atoms with van der Waals surface area (Å²) in [5.74, 6) is -21.0. The Morgan fingerprint density at radius 3 is 1.24 bits per heavy atom. The summed E-state index contributed by atoms with van der Waals surface area (Å²) in [5, 5.41) is 100. The maximum Gasteiger partial charge on any atom is 0.303 e. The molecule has 133 heavy (non-hydrogen) atoms. The monoisotopic (exact) mass is 1870 g/mol. The van der Waals surface area contributed by atoms with Crippen molar-refractivity contribution < 1.29 is 107 Å². The van der Waals surface area contributed by atoms with Crippen LogP contribution in [0.4, 0.5) is 0 Å². The number of primary amides is 1. The summed E-state index contributed by atoms with van der Waals surface area (Å²) in [5.41, 5.74) is 18.5. The van der Waals surface area contributed by atoms with Crippen LogP contribution in [0.5, 0.6) is 23.0 Å². The highest BCUT2D eigenvalue weighted by Crippen LogP contribution is 2.21. The smallest absolute Gasteiger partial charge is 0.303 e. The zero-order valence-corrected chi connectivity index (χ0v) is 75.7. The number of H-pyrrole nitrogens is 1. The van der Waals surface area contributed by atoms with Crippen molar-refractivity contribution in [2.24, 2.45) is 35.0 Å². The first-order valence-corrected chi connectivity index (χ1v) is 44.7. The summed E-state index contributed by atoms with van der Waals surface area (Å²) in [6.07, 6.45) is -0.295. The van der Waals surface area contributed by atoms with E-state index in [9.17, 15) is 78.3 Å². The van der Waals surface area contributed by atoms with Gasteiger partial charge in [-0.15, -0.1) is 11.8 Å². The molecule has 1 aromatic heterocycles. The van der Waals surface area contributed by atoms with Crippen molar-refractivity contribution in [3.63, 3.8) is 0 Å². The largest absolute Gasteiger partial charge is 0.508 e. The van der Waals surface area contributed by atoms with Crippen LogP contribution in [0.3, 0.4) is 0 Å². The van der Waals surface area contributed by atoms with E-state index in [0.29, 0.717) is 28.7 Å². The number of thioether (sulfide) groups is 1. The fraction of sp³-hybridized carbons (Fsp3) is 0.489. The first-order chi connectivity index (χ1) is 63.1. The number of aromatic hydroxyl groups is 4. The number of hydrogen-bond acceptors (Lipinski definition) is 25. The number of benzene rings is 4. The van der Waals surface area contributed by atoms with Crippen LogP contribution in [0, 0.1) is 23.2 Å². The summed E-state index contributed by atoms with van der Waals surface area (Å²) < 4.78 is 0. The summed E-state index contributed by atoms with van der Waals surface area (Å²) >= 11 is 0.733. The van der Waals surface area contributed by atoms with E-state index in [-0.39, 0.29) is 131 Å². The SMILES string of the molecule is CC[C@H](C)[C@@H]1NC(=O)[C@H](CCCNC(=N)N)NC(=O)[C@H](Cc2ccc(O)cc2)NC(=O)[C@H](Cc2ccc(O)cc2)NC(=O)[C@H](CCCCN)NC(=O)[C@H](Cc2c[nH]cn2)NC(=O)[C@H](Cc2ccc(O)cc2)NC(=O)CSC[C@@H](C(=O)NCC(N)=O)NC(=O)CNC(=O)[C@H](CC(C)C)NC(=O)[C@H](CCC(=O)O)NC(=O)CNC(=O)[C@H](Cc2ccc(O)cc2)NC(=O)[C@H](CC(C)C)NC1=O. The molecule has 1 fully saturated rings. The van der Waals surface area contributed by atoms with Gasteiger partial charge in [0.05, 0.1) is 37.4 Å². The minimum Gasteiger partial charge on any atom is -0.508 e. The van der Waals surface area contributed by atoms with Crippen LogP contribution in [0.25, 0.3) is 0 Å². The number of imidazole rings is 1. The van der Waals surface area contributed by atoms with Gasteiger partial charge in [-0.05, 0) is 146 Å². The minimum atomic E-state index is -1.72. The molecule has 16 amide bonds. The number of amides is 16. The van der Waals surface area contributed by atoms with E-state index in [2.05, 4.69) is 95.0 Å². The number of phenols is 4. The molecule has 5 aromatic rings. The topological polar surface area (TPSA) is 714 Å². The van der Waals surface area contributed by atoms with Crippen molar-refractivity contribution in [1.82, 2.24) is 95.0 Å². The third kappa shape index (κ3) is 39.2. The van der Waals surface area contributed by atoms with Crippen molar-refractivity contribution in [2.45, 2.75) is 210 Å². The van der Waals surface area contributed by atoms with E-state index in [1.165, 1.54) is 110 Å². The van der Waals surface area contributed by atoms with Crippen LogP contribution in [0.1, 0.15) is 134 Å². The summed E-state index contributed by atoms with van der Waals surface area (Å²) in [4.78, 5) is 251. The summed E-state index contributed by atoms with van der Waals surface area (Å²) in [6, 6.07) is 2.86. The van der Waals surface area contributed by atoms with Crippen LogP contribution >= 0.6 is 11.8 Å². The van der Waals surface area contributed by atoms with Gasteiger partial charge in [0.15, 0.2) is 5.96 Å². The summed E-state index contributed by atoms with van der Waals surface area (Å²) in [7, 11) is 0. The molecule has 1 saturated heterocycles. The maximum absolute atomic E-state index is 15.4. The van der Waals surface area contributed by atoms with Crippen molar-refractivity contribution in [2.75, 3.05) is 44.2 Å². The maximum atomic E-state index is 15.4. The number of nitrogens with one attached hydrogen (secondary N) is 18. The van der Waals surface area contributed by atoms with Gasteiger partial charge in [-0.25, -0.2) is 4.98 Å². The number of carbonyl (C=O) groups is 17. The van der Waals surface area contributed by atoms with Crippen LogP contribution < -0.4 is 102 Å². The molecule has 0 unspecified atom stereocenters. The van der Waals surface area contributed by atoms with Gasteiger partial charge in [0, 0.05) is 57.0 Å². The number of carboxylic acids is 1. The van der Waals surface area contributed by atoms with Crippen molar-refractivity contribution >= 4 is 118 Å². The zero-order valence-electron chi connectivity index (χ0n) is 74.9. The molecule has 724 valence electrons. The van der Waals surface area contributed by atoms with Gasteiger partial charge >= 0.3 is 5.97 Å². The first-order valence-electron chi connectivity index (χ1n) is 43.6. The highest BCUT2D eigenvalue weighted by molar-refractivity contribution is 8.00. The number of hydrogen-bond donors (Lipinski definition) is 26. The van der Waals surface area contributed by atoms with Crippen LogP contribution in [0.2, 0.25) is 0 Å². The number of aromatic nitrogens is 2. The van der Waals surface area contributed by atoms with E-state index >= 15 is 28.8 Å². The lowest BCUT2D eigenvalue weighted by Crippen LogP contribution is -2.62. The van der Waals surface area contributed by atoms with Crippen LogP contribution in [-0.2, 0) is 114 Å². The first kappa shape index (κ1) is 108. The van der Waals surface area contributed by atoms with Crippen molar-refractivity contribution in [3.8, 4) is 23.0 Å². The molecule has 29 N–H and O–H groups in total. The lowest BCUT2D eigenvalue weighted by molar-refractivity contribution is -0.138. The fourth-order valence-corrected chi connectivity index (χ4v) is 14.7. The fourth-order valence-electron chi connectivity index (χ4n) is 13.8. The van der Waals surface area contributed by atoms with Crippen molar-refractivity contribution in [3.05, 3.63) is 138 Å². The molecule has 0 spiro atoms. The van der Waals surface area contributed by atoms with Gasteiger partial charge in [-0.2, -0.15) is 0 Å². The summed E-state index contributed by atoms with van der Waals surface area (Å²) in [6.45, 7) is 7.64. The Balaban J connectivity index is 1.47. The Morgan fingerprint density at radius 1 is 0.451 bits per heavy atom. The van der Waals surface area contributed by atoms with Gasteiger partial charge in [-0.1, -0.05) is 96.5 Å². The second kappa shape index (κ2) is 55.1. The average molecular weight is 1870 g/mol. The lowest BCUT2D eigenvalue weighted by Gasteiger charge is -2.30. The van der Waals surface area contributed by atoms with Gasteiger partial charge in [0.2, 0.25) is 94.5 Å². The third-order valence-electron chi connectivity index (χ3n) is 21.1. The quantitative estimate of drug-likeness (QED) is 0.0121. The lowest BCUT2D eigenvalue weighted by atomic mass is 9.95. The molecule has 0 radical (unpaired) electrons. The molecule has 0 aliphatic carbocycles. The third-order valence-corrected chi connectivity index (χ3v) is 22.1. The number of carboxylic acid groups (broad SMARTS) is 1. The Labute approximate surface area is 772 Å². The predicted octanol–water partition coefficient (Wildman–Crippen LogP) is -3.46. The zero-order chi connectivity index (χ0) is 98.0. The highest BCUT2D eigenvalue weighted by Gasteiger charge is 2.39. The number of aromatic amines is 1. The molecule has 0 saturated carbocycles. The number of unbranched alkanes of at least 4 members (excludes halogenated alkanes) is 1. The number of aliphatic carboxylic acids is 1. The van der Waals surface area contributed by atoms with Gasteiger partial charge in [-0.3, -0.25) is 86.9 Å². The Kier molecular flexibility index (Phi) is 44.6. The van der Waals surface area contributed by atoms with E-state index in [1.54, 1.807) is 41.5 Å². The van der Waals surface area contributed by atoms with Crippen LogP contribution in [0.15, 0.2) is 110 Å². The molecule has 13 atom stereocenters. The number of nitrogens with two attached hydrogens (primary N) is 3. The molecule has 1 aliphatic heterocycles. The van der Waals surface area contributed by atoms with Gasteiger partial charge < -0.3 is 133 Å². The number of carbonyl (C=O) groups excluding carboxylic acids is 16. The Bertz CT molecular complexity index is 4780. The second-order valence-electron chi connectivity index (χ2n) is 33.1. The molecule has 0 bridgehead atoms. The highest BCUT2D eigenvalue weighted by atomic mass is 32.2. The molecule has 44 nitrogen and oxygen atoms in total. The normalized spacial score (nSPS) is 22.2. The molecular weight excluding hydrogens is 1750 g/mol. The number of rotatable bonds is 30. The van der Waals surface area contributed by atoms with E-state index in [4.69, 9.17) is 22.6 Å². The standard InChI is InChI=1S/C88H124N22O22S/c1-7-49(6)75-87(132)109-63(34-48(4)5)82(127)105-64(35-50-13-21-55(111)22-14-50)77(122)97-42-71(116)99-61(29-30-74(119)120)80(125)104-62(33-47(2)3)76(121)96-43-72(117)101-69(78(123)95-41-70(90)115)44-133-45-73(118)100-65(36-51-15-23-56(112)24-16-51)83(128)108-68(39-54-40-93-46-98-54)86(131)102-59(11-8-9-31-89)79(124)106-67(38-53-19-27-58(114)28-20-53)85(130)107-66(37-52-17-25-57(113)26-18-52)84(129)103-60(81(126)110-75)12-10-32-94-88(91)92/h13-28,40,46-49,59-69,75,111-114H,7-12,29-39,41-45,89H2,1-6H3,(H2,90,115)(H,93,98)(H,95,123)(H,96,121)(H,97,122)(H,99,116)(H,100,118)(H,101,117)(H,102,131)(H,103,129)(H,104,125)(H,105,127)(H,106,124)(H,107,130)(H,108,128)(H,109,132)(H,110,126)(H,119,120)(H4,91,92,94)/t49-,59-,60-,61-,62-,63-,64-,65-,66-,67-,68-,69-,75-/m0/s1.